The Bertz CT molecular complexity index is 410. The zero-order valence-electron chi connectivity index (χ0n) is 9.16. The van der Waals surface area contributed by atoms with E-state index in [9.17, 15) is 4.79 Å². The van der Waals surface area contributed by atoms with Gasteiger partial charge in [0.05, 0.1) is 12.7 Å². The van der Waals surface area contributed by atoms with Gasteiger partial charge in [-0.1, -0.05) is 0 Å². The molecule has 1 aromatic carbocycles. The second kappa shape index (κ2) is 3.57. The van der Waals surface area contributed by atoms with Gasteiger partial charge in [-0.3, -0.25) is 4.79 Å². The maximum Gasteiger partial charge on any atom is 0.163 e. The zero-order chi connectivity index (χ0) is 11.0. The number of carbonyl (C=O) groups excluding carboxylic acids is 1. The molecule has 1 heterocycles. The molecule has 15 heavy (non-hydrogen) atoms. The van der Waals surface area contributed by atoms with Gasteiger partial charge in [-0.25, -0.2) is 0 Å². The van der Waals surface area contributed by atoms with E-state index in [1.165, 1.54) is 6.92 Å². The van der Waals surface area contributed by atoms with Crippen molar-refractivity contribution in [3.63, 3.8) is 0 Å². The summed E-state index contributed by atoms with van der Waals surface area (Å²) in [6.45, 7) is 3.54. The van der Waals surface area contributed by atoms with Gasteiger partial charge in [-0.2, -0.15) is 0 Å². The number of rotatable bonds is 2. The molecular formula is C12H14O3. The van der Waals surface area contributed by atoms with E-state index >= 15 is 0 Å². The minimum Gasteiger partial charge on any atom is -0.496 e. The summed E-state index contributed by atoms with van der Waals surface area (Å²) in [5.74, 6) is 1.45. The van der Waals surface area contributed by atoms with E-state index in [0.717, 1.165) is 17.7 Å². The molecule has 0 aromatic heterocycles. The topological polar surface area (TPSA) is 35.5 Å². The highest BCUT2D eigenvalue weighted by Crippen LogP contribution is 2.34. The van der Waals surface area contributed by atoms with Crippen LogP contribution >= 0.6 is 0 Å². The van der Waals surface area contributed by atoms with Crippen molar-refractivity contribution < 1.29 is 14.3 Å². The first-order chi connectivity index (χ1) is 7.11. The fourth-order valence-electron chi connectivity index (χ4n) is 1.88. The third kappa shape index (κ3) is 1.69. The fourth-order valence-corrected chi connectivity index (χ4v) is 1.88. The lowest BCUT2D eigenvalue weighted by Crippen LogP contribution is -2.05. The van der Waals surface area contributed by atoms with E-state index in [1.807, 2.05) is 13.0 Å². The molecule has 0 aliphatic carbocycles. The summed E-state index contributed by atoms with van der Waals surface area (Å²) in [5, 5.41) is 0. The number of hydrogen-bond donors (Lipinski definition) is 0. The van der Waals surface area contributed by atoms with Gasteiger partial charge in [0, 0.05) is 12.0 Å². The summed E-state index contributed by atoms with van der Waals surface area (Å²) >= 11 is 0. The molecule has 0 amide bonds. The normalized spacial score (nSPS) is 18.2. The number of hydrogen-bond acceptors (Lipinski definition) is 3. The molecule has 3 nitrogen and oxygen atoms in total. The van der Waals surface area contributed by atoms with Crippen molar-refractivity contribution in [1.29, 1.82) is 0 Å². The maximum atomic E-state index is 11.4. The van der Waals surface area contributed by atoms with Crippen LogP contribution in [0.25, 0.3) is 0 Å². The highest BCUT2D eigenvalue weighted by Gasteiger charge is 2.22. The number of ketones is 1. The minimum atomic E-state index is -0.00203. The molecule has 1 aromatic rings. The van der Waals surface area contributed by atoms with Gasteiger partial charge in [0.1, 0.15) is 17.6 Å². The fraction of sp³-hybridized carbons (Fsp3) is 0.417. The molecule has 0 saturated heterocycles. The third-order valence-corrected chi connectivity index (χ3v) is 2.60. The van der Waals surface area contributed by atoms with Crippen LogP contribution in [-0.4, -0.2) is 19.0 Å². The van der Waals surface area contributed by atoms with Crippen molar-refractivity contribution in [2.24, 2.45) is 0 Å². The van der Waals surface area contributed by atoms with Gasteiger partial charge in [0.15, 0.2) is 5.78 Å². The van der Waals surface area contributed by atoms with E-state index in [2.05, 4.69) is 0 Å². The molecule has 0 saturated carbocycles. The van der Waals surface area contributed by atoms with Crippen LogP contribution in [0.1, 0.15) is 29.8 Å². The van der Waals surface area contributed by atoms with Crippen LogP contribution in [0.2, 0.25) is 0 Å². The average Bonchev–Trinajstić information content (AvgIpc) is 2.54. The summed E-state index contributed by atoms with van der Waals surface area (Å²) in [4.78, 5) is 11.4. The molecule has 0 radical (unpaired) electrons. The molecule has 0 spiro atoms. The minimum absolute atomic E-state index is 0.00203. The Balaban J connectivity index is 2.50. The van der Waals surface area contributed by atoms with Gasteiger partial charge in [0.2, 0.25) is 0 Å². The Morgan fingerprint density at radius 3 is 2.87 bits per heavy atom. The van der Waals surface area contributed by atoms with E-state index in [0.29, 0.717) is 11.3 Å². The number of benzene rings is 1. The van der Waals surface area contributed by atoms with Crippen LogP contribution < -0.4 is 9.47 Å². The number of methoxy groups -OCH3 is 1. The summed E-state index contributed by atoms with van der Waals surface area (Å²) in [6, 6.07) is 3.68. The van der Waals surface area contributed by atoms with Crippen LogP contribution in [-0.2, 0) is 6.42 Å². The van der Waals surface area contributed by atoms with Gasteiger partial charge in [0.25, 0.3) is 0 Å². The van der Waals surface area contributed by atoms with E-state index < -0.39 is 0 Å². The summed E-state index contributed by atoms with van der Waals surface area (Å²) < 4.78 is 10.8. The second-order valence-electron chi connectivity index (χ2n) is 3.85. The SMILES string of the molecule is COc1cc2c(cc1C(C)=O)OC(C)C2. The molecule has 1 atom stereocenters. The highest BCUT2D eigenvalue weighted by atomic mass is 16.5. The zero-order valence-corrected chi connectivity index (χ0v) is 9.16. The van der Waals surface area contributed by atoms with Gasteiger partial charge < -0.3 is 9.47 Å². The molecule has 0 N–H and O–H groups in total. The predicted octanol–water partition coefficient (Wildman–Crippen LogP) is 2.22. The van der Waals surface area contributed by atoms with E-state index in [-0.39, 0.29) is 11.9 Å². The first-order valence-electron chi connectivity index (χ1n) is 5.00. The predicted molar refractivity (Wildman–Crippen MR) is 56.8 cm³/mol. The molecule has 1 aliphatic heterocycles. The van der Waals surface area contributed by atoms with Crippen molar-refractivity contribution >= 4 is 5.78 Å². The molecule has 0 fully saturated rings. The first-order valence-corrected chi connectivity index (χ1v) is 5.00. The average molecular weight is 206 g/mol. The highest BCUT2D eigenvalue weighted by molar-refractivity contribution is 5.97. The molecule has 80 valence electrons. The molecule has 1 unspecified atom stereocenters. The van der Waals surface area contributed by atoms with Crippen LogP contribution in [0.3, 0.4) is 0 Å². The Morgan fingerprint density at radius 2 is 2.27 bits per heavy atom. The van der Waals surface area contributed by atoms with Crippen molar-refractivity contribution in [1.82, 2.24) is 0 Å². The number of fused-ring (bicyclic) bond motifs is 1. The van der Waals surface area contributed by atoms with Gasteiger partial charge in [-0.15, -0.1) is 0 Å². The van der Waals surface area contributed by atoms with Gasteiger partial charge in [-0.05, 0) is 26.0 Å². The quantitative estimate of drug-likeness (QED) is 0.696. The largest absolute Gasteiger partial charge is 0.496 e. The lowest BCUT2D eigenvalue weighted by molar-refractivity contribution is 0.101. The summed E-state index contributed by atoms with van der Waals surface area (Å²) in [7, 11) is 1.58. The summed E-state index contributed by atoms with van der Waals surface area (Å²) in [6.07, 6.45) is 1.07. The number of ether oxygens (including phenoxy) is 2. The van der Waals surface area contributed by atoms with Crippen molar-refractivity contribution in [2.75, 3.05) is 7.11 Å². The Kier molecular flexibility index (Phi) is 2.39. The number of Topliss-reactive ketones (excluding diaryl/α,β-unsaturated/α-hetero) is 1. The molecule has 3 heteroatoms. The van der Waals surface area contributed by atoms with Crippen molar-refractivity contribution in [3.05, 3.63) is 23.3 Å². The number of carbonyl (C=O) groups is 1. The van der Waals surface area contributed by atoms with Crippen molar-refractivity contribution in [3.8, 4) is 11.5 Å². The van der Waals surface area contributed by atoms with E-state index in [1.54, 1.807) is 13.2 Å². The lowest BCUT2D eigenvalue weighted by Gasteiger charge is -2.08. The maximum absolute atomic E-state index is 11.4. The van der Waals surface area contributed by atoms with Crippen molar-refractivity contribution in [2.45, 2.75) is 26.4 Å². The summed E-state index contributed by atoms with van der Waals surface area (Å²) in [5.41, 5.74) is 1.70. The monoisotopic (exact) mass is 206 g/mol. The van der Waals surface area contributed by atoms with Crippen LogP contribution in [0.5, 0.6) is 11.5 Å². The Morgan fingerprint density at radius 1 is 1.53 bits per heavy atom. The molecule has 2 rings (SSSR count). The molecular weight excluding hydrogens is 192 g/mol. The smallest absolute Gasteiger partial charge is 0.163 e. The third-order valence-electron chi connectivity index (χ3n) is 2.60. The molecule has 1 aliphatic rings. The van der Waals surface area contributed by atoms with Gasteiger partial charge >= 0.3 is 0 Å². The van der Waals surface area contributed by atoms with Crippen LogP contribution in [0.4, 0.5) is 0 Å². The van der Waals surface area contributed by atoms with Crippen LogP contribution in [0, 0.1) is 0 Å². The molecule has 0 bridgehead atoms. The lowest BCUT2D eigenvalue weighted by atomic mass is 10.0. The van der Waals surface area contributed by atoms with E-state index in [4.69, 9.17) is 9.47 Å². The standard InChI is InChI=1S/C12H14O3/c1-7-4-9-5-12(14-3)10(8(2)13)6-11(9)15-7/h5-7H,4H2,1-3H3. The first kappa shape index (κ1) is 10.0. The Hall–Kier alpha value is -1.51. The van der Waals surface area contributed by atoms with Crippen LogP contribution in [0.15, 0.2) is 12.1 Å². The Labute approximate surface area is 89.0 Å². The second-order valence-corrected chi connectivity index (χ2v) is 3.85.